The first-order chi connectivity index (χ1) is 16.2. The van der Waals surface area contributed by atoms with Crippen molar-refractivity contribution in [3.05, 3.63) is 58.8 Å². The first-order valence-corrected chi connectivity index (χ1v) is 12.5. The van der Waals surface area contributed by atoms with Crippen molar-refractivity contribution >= 4 is 33.6 Å². The Morgan fingerprint density at radius 3 is 2.50 bits per heavy atom. The highest BCUT2D eigenvalue weighted by Crippen LogP contribution is 2.48. The van der Waals surface area contributed by atoms with Gasteiger partial charge in [-0.3, -0.25) is 9.78 Å². The van der Waals surface area contributed by atoms with Gasteiger partial charge in [-0.05, 0) is 76.4 Å². The highest BCUT2D eigenvalue weighted by Gasteiger charge is 2.48. The molecule has 8 heteroatoms. The normalized spacial score (nSPS) is 21.4. The highest BCUT2D eigenvalue weighted by molar-refractivity contribution is 9.10. The Morgan fingerprint density at radius 2 is 1.88 bits per heavy atom. The number of rotatable bonds is 6. The summed E-state index contributed by atoms with van der Waals surface area (Å²) < 4.78 is 12.1. The van der Waals surface area contributed by atoms with Crippen molar-refractivity contribution in [1.29, 1.82) is 0 Å². The molecule has 2 unspecified atom stereocenters. The molecule has 182 valence electrons. The van der Waals surface area contributed by atoms with E-state index in [-0.39, 0.29) is 17.7 Å². The van der Waals surface area contributed by atoms with Crippen LogP contribution in [0.15, 0.2) is 53.1 Å². The van der Waals surface area contributed by atoms with E-state index in [0.29, 0.717) is 32.6 Å². The summed E-state index contributed by atoms with van der Waals surface area (Å²) in [5.41, 5.74) is 0.501. The molecule has 0 radical (unpaired) electrons. The molecule has 2 heterocycles. The molecule has 2 aliphatic rings. The van der Waals surface area contributed by atoms with E-state index in [1.165, 1.54) is 0 Å². The summed E-state index contributed by atoms with van der Waals surface area (Å²) in [4.78, 5) is 32.8. The second kappa shape index (κ2) is 10.0. The van der Waals surface area contributed by atoms with E-state index >= 15 is 0 Å². The lowest BCUT2D eigenvalue weighted by molar-refractivity contribution is -0.120. The zero-order chi connectivity index (χ0) is 24.3. The van der Waals surface area contributed by atoms with Crippen molar-refractivity contribution in [1.82, 2.24) is 10.3 Å². The fourth-order valence-electron chi connectivity index (χ4n) is 4.42. The molecule has 1 aliphatic heterocycles. The van der Waals surface area contributed by atoms with E-state index in [1.807, 2.05) is 68.1 Å². The predicted octanol–water partition coefficient (Wildman–Crippen LogP) is 5.05. The Hall–Kier alpha value is -2.45. The standard InChI is InChI=1S/C26H32BrN3O4/c1-25(2,3)34-24(32)29-26(11-14-33-15-12-26)17-30(19-9-7-18(27)8-10-19)23(31)21-16-20(21)22-6-4-5-13-28-22/h4-10,13,20-21H,11-12,14-17H2,1-3H3,(H,29,32). The largest absolute Gasteiger partial charge is 0.444 e. The minimum Gasteiger partial charge on any atom is -0.444 e. The van der Waals surface area contributed by atoms with Gasteiger partial charge >= 0.3 is 6.09 Å². The van der Waals surface area contributed by atoms with Gasteiger partial charge in [-0.2, -0.15) is 0 Å². The molecule has 1 N–H and O–H groups in total. The zero-order valence-electron chi connectivity index (χ0n) is 19.9. The summed E-state index contributed by atoms with van der Waals surface area (Å²) >= 11 is 3.48. The summed E-state index contributed by atoms with van der Waals surface area (Å²) in [6.07, 6.45) is 3.26. The Morgan fingerprint density at radius 1 is 1.18 bits per heavy atom. The van der Waals surface area contributed by atoms with Crippen LogP contribution in [0.1, 0.15) is 51.6 Å². The number of carbonyl (C=O) groups is 2. The number of aromatic nitrogens is 1. The van der Waals surface area contributed by atoms with Gasteiger partial charge in [0.2, 0.25) is 5.91 Å². The summed E-state index contributed by atoms with van der Waals surface area (Å²) in [6.45, 7) is 6.89. The van der Waals surface area contributed by atoms with Crippen LogP contribution in [0.2, 0.25) is 0 Å². The maximum absolute atomic E-state index is 13.8. The van der Waals surface area contributed by atoms with Crippen LogP contribution < -0.4 is 10.2 Å². The molecule has 1 saturated heterocycles. The topological polar surface area (TPSA) is 80.8 Å². The highest BCUT2D eigenvalue weighted by atomic mass is 79.9. The smallest absolute Gasteiger partial charge is 0.408 e. The van der Waals surface area contributed by atoms with Gasteiger partial charge in [0, 0.05) is 53.6 Å². The quantitative estimate of drug-likeness (QED) is 0.565. The molecule has 1 aliphatic carbocycles. The molecule has 0 spiro atoms. The maximum Gasteiger partial charge on any atom is 0.408 e. The van der Waals surface area contributed by atoms with Gasteiger partial charge in [0.05, 0.1) is 5.54 Å². The van der Waals surface area contributed by atoms with E-state index < -0.39 is 17.2 Å². The SMILES string of the molecule is CC(C)(C)OC(=O)NC1(CN(C(=O)C2CC2c2ccccn2)c2ccc(Br)cc2)CCOCC1. The number of ether oxygens (including phenoxy) is 2. The molecule has 2 atom stereocenters. The summed E-state index contributed by atoms with van der Waals surface area (Å²) in [7, 11) is 0. The van der Waals surface area contributed by atoms with Gasteiger partial charge in [-0.15, -0.1) is 0 Å². The van der Waals surface area contributed by atoms with Crippen LogP contribution in [0.4, 0.5) is 10.5 Å². The lowest BCUT2D eigenvalue weighted by Crippen LogP contribution is -2.60. The Balaban J connectivity index is 1.59. The zero-order valence-corrected chi connectivity index (χ0v) is 21.5. The van der Waals surface area contributed by atoms with Crippen LogP contribution in [0, 0.1) is 5.92 Å². The third-order valence-electron chi connectivity index (χ3n) is 6.26. The van der Waals surface area contributed by atoms with Crippen LogP contribution in [-0.2, 0) is 14.3 Å². The number of nitrogens with one attached hydrogen (secondary N) is 1. The molecule has 1 saturated carbocycles. The van der Waals surface area contributed by atoms with Gasteiger partial charge in [-0.25, -0.2) is 4.79 Å². The molecule has 7 nitrogen and oxygen atoms in total. The first-order valence-electron chi connectivity index (χ1n) is 11.7. The Kier molecular flexibility index (Phi) is 7.28. The summed E-state index contributed by atoms with van der Waals surface area (Å²) in [5, 5.41) is 3.10. The first kappa shape index (κ1) is 24.7. The van der Waals surface area contributed by atoms with Crippen molar-refractivity contribution in [3.63, 3.8) is 0 Å². The number of pyridine rings is 1. The maximum atomic E-state index is 13.8. The minimum atomic E-state index is -0.640. The molecule has 4 rings (SSSR count). The van der Waals surface area contributed by atoms with Crippen LogP contribution in [0.25, 0.3) is 0 Å². The Labute approximate surface area is 209 Å². The van der Waals surface area contributed by atoms with Gasteiger partial charge < -0.3 is 19.7 Å². The van der Waals surface area contributed by atoms with E-state index in [9.17, 15) is 9.59 Å². The van der Waals surface area contributed by atoms with Crippen molar-refractivity contribution in [2.75, 3.05) is 24.7 Å². The van der Waals surface area contributed by atoms with Crippen LogP contribution in [-0.4, -0.2) is 47.9 Å². The van der Waals surface area contributed by atoms with E-state index in [2.05, 4.69) is 26.2 Å². The number of anilines is 1. The molecule has 1 aromatic heterocycles. The molecule has 2 amide bonds. The number of amides is 2. The van der Waals surface area contributed by atoms with E-state index in [0.717, 1.165) is 22.3 Å². The molecule has 2 aromatic rings. The number of alkyl carbamates (subject to hydrolysis) is 1. The molecular weight excluding hydrogens is 498 g/mol. The number of nitrogens with zero attached hydrogens (tertiary/aromatic N) is 2. The number of hydrogen-bond donors (Lipinski definition) is 1. The molecule has 34 heavy (non-hydrogen) atoms. The van der Waals surface area contributed by atoms with Gasteiger partial charge in [-0.1, -0.05) is 22.0 Å². The predicted molar refractivity (Wildman–Crippen MR) is 134 cm³/mol. The van der Waals surface area contributed by atoms with Crippen molar-refractivity contribution in [2.45, 2.75) is 57.1 Å². The lowest BCUT2D eigenvalue weighted by Gasteiger charge is -2.41. The average Bonchev–Trinajstić information content (AvgIpc) is 3.59. The van der Waals surface area contributed by atoms with Crippen LogP contribution in [0.5, 0.6) is 0 Å². The fourth-order valence-corrected chi connectivity index (χ4v) is 4.68. The van der Waals surface area contributed by atoms with Crippen LogP contribution >= 0.6 is 15.9 Å². The van der Waals surface area contributed by atoms with Crippen molar-refractivity contribution in [2.24, 2.45) is 5.92 Å². The number of halogens is 1. The molecular formula is C26H32BrN3O4. The minimum absolute atomic E-state index is 0.0508. The van der Waals surface area contributed by atoms with E-state index in [4.69, 9.17) is 9.47 Å². The lowest BCUT2D eigenvalue weighted by atomic mass is 9.89. The number of benzene rings is 1. The third-order valence-corrected chi connectivity index (χ3v) is 6.79. The van der Waals surface area contributed by atoms with Gasteiger partial charge in [0.1, 0.15) is 5.60 Å². The van der Waals surface area contributed by atoms with E-state index in [1.54, 1.807) is 6.20 Å². The second-order valence-electron chi connectivity index (χ2n) is 10.1. The third kappa shape index (κ3) is 6.16. The molecule has 2 fully saturated rings. The Bertz CT molecular complexity index is 1000. The van der Waals surface area contributed by atoms with Crippen LogP contribution in [0.3, 0.4) is 0 Å². The summed E-state index contributed by atoms with van der Waals surface area (Å²) in [5.74, 6) is 0.0443. The number of carbonyl (C=O) groups excluding carboxylic acids is 2. The average molecular weight is 530 g/mol. The summed E-state index contributed by atoms with van der Waals surface area (Å²) in [6, 6.07) is 13.5. The molecule has 1 aromatic carbocycles. The van der Waals surface area contributed by atoms with Gasteiger partial charge in [0.15, 0.2) is 0 Å². The molecule has 0 bridgehead atoms. The fraction of sp³-hybridized carbons (Fsp3) is 0.500. The van der Waals surface area contributed by atoms with Crippen molar-refractivity contribution < 1.29 is 19.1 Å². The number of hydrogen-bond acceptors (Lipinski definition) is 5. The monoisotopic (exact) mass is 529 g/mol. The van der Waals surface area contributed by atoms with Crippen molar-refractivity contribution in [3.8, 4) is 0 Å². The second-order valence-corrected chi connectivity index (χ2v) is 11.0. The van der Waals surface area contributed by atoms with Gasteiger partial charge in [0.25, 0.3) is 0 Å².